The van der Waals surface area contributed by atoms with E-state index >= 15 is 0 Å². The Labute approximate surface area is 99.0 Å². The summed E-state index contributed by atoms with van der Waals surface area (Å²) in [6.07, 6.45) is 6.35. The molecule has 0 heterocycles. The van der Waals surface area contributed by atoms with Crippen LogP contribution < -0.4 is 0 Å². The molecule has 0 radical (unpaired) electrons. The molecule has 0 amide bonds. The Morgan fingerprint density at radius 1 is 1.13 bits per heavy atom. The van der Waals surface area contributed by atoms with Gasteiger partial charge in [-0.2, -0.15) is 0 Å². The molecule has 2 atom stereocenters. The van der Waals surface area contributed by atoms with E-state index in [0.29, 0.717) is 4.83 Å². The van der Waals surface area contributed by atoms with Crippen LogP contribution in [-0.4, -0.2) is 4.83 Å². The van der Waals surface area contributed by atoms with E-state index in [1.165, 1.54) is 31.2 Å². The summed E-state index contributed by atoms with van der Waals surface area (Å²) in [4.78, 5) is 0.649. The van der Waals surface area contributed by atoms with Gasteiger partial charge in [-0.05, 0) is 42.9 Å². The van der Waals surface area contributed by atoms with Crippen molar-refractivity contribution in [1.29, 1.82) is 0 Å². The van der Waals surface area contributed by atoms with Crippen LogP contribution in [0.2, 0.25) is 0 Å². The molecule has 2 rings (SSSR count). The number of hydrogen-bond acceptors (Lipinski definition) is 0. The topological polar surface area (TPSA) is 0 Å². The lowest BCUT2D eigenvalue weighted by atomic mass is 9.85. The predicted octanol–water partition coefficient (Wildman–Crippen LogP) is 4.32. The van der Waals surface area contributed by atoms with Crippen molar-refractivity contribution in [3.63, 3.8) is 0 Å². The molecule has 1 aliphatic rings. The van der Waals surface area contributed by atoms with Gasteiger partial charge in [0.25, 0.3) is 0 Å². The van der Waals surface area contributed by atoms with Gasteiger partial charge in [-0.1, -0.05) is 40.9 Å². The molecule has 2 unspecified atom stereocenters. The maximum atomic E-state index is 12.7. The molecule has 15 heavy (non-hydrogen) atoms. The summed E-state index contributed by atoms with van der Waals surface area (Å²) in [5, 5.41) is 0. The first-order valence-corrected chi connectivity index (χ1v) is 6.56. The summed E-state index contributed by atoms with van der Waals surface area (Å²) in [5.74, 6) is 0.585. The van der Waals surface area contributed by atoms with E-state index in [2.05, 4.69) is 15.9 Å². The maximum absolute atomic E-state index is 12.7. The fourth-order valence-electron chi connectivity index (χ4n) is 2.32. The van der Waals surface area contributed by atoms with E-state index in [0.717, 1.165) is 12.3 Å². The molecule has 0 aromatic heterocycles. The molecule has 1 aliphatic carbocycles. The highest BCUT2D eigenvalue weighted by molar-refractivity contribution is 9.09. The monoisotopic (exact) mass is 270 g/mol. The van der Waals surface area contributed by atoms with Crippen molar-refractivity contribution in [3.8, 4) is 0 Å². The second kappa shape index (κ2) is 5.11. The van der Waals surface area contributed by atoms with Crippen molar-refractivity contribution in [2.45, 2.75) is 36.9 Å². The van der Waals surface area contributed by atoms with Crippen LogP contribution in [0.25, 0.3) is 0 Å². The van der Waals surface area contributed by atoms with Gasteiger partial charge < -0.3 is 0 Å². The van der Waals surface area contributed by atoms with E-state index in [-0.39, 0.29) is 5.82 Å². The minimum atomic E-state index is -0.141. The van der Waals surface area contributed by atoms with Crippen molar-refractivity contribution in [2.75, 3.05) is 0 Å². The fourth-order valence-corrected chi connectivity index (χ4v) is 3.09. The second-order valence-corrected chi connectivity index (χ2v) is 5.57. The minimum absolute atomic E-state index is 0.141. The predicted molar refractivity (Wildman–Crippen MR) is 64.8 cm³/mol. The Kier molecular flexibility index (Phi) is 3.79. The van der Waals surface area contributed by atoms with Crippen LogP contribution in [0.5, 0.6) is 0 Å². The molecular weight excluding hydrogens is 255 g/mol. The maximum Gasteiger partial charge on any atom is 0.123 e. The van der Waals surface area contributed by atoms with E-state index in [4.69, 9.17) is 0 Å². The van der Waals surface area contributed by atoms with E-state index in [9.17, 15) is 4.39 Å². The Balaban J connectivity index is 1.98. The first-order chi connectivity index (χ1) is 7.25. The zero-order valence-electron chi connectivity index (χ0n) is 8.76. The molecule has 0 N–H and O–H groups in total. The zero-order valence-corrected chi connectivity index (χ0v) is 10.3. The minimum Gasteiger partial charge on any atom is -0.207 e. The third kappa shape index (κ3) is 3.04. The number of rotatable bonds is 2. The smallest absolute Gasteiger partial charge is 0.123 e. The van der Waals surface area contributed by atoms with Gasteiger partial charge in [0.15, 0.2) is 0 Å². The Hall–Kier alpha value is -0.370. The van der Waals surface area contributed by atoms with Gasteiger partial charge in [-0.15, -0.1) is 0 Å². The van der Waals surface area contributed by atoms with Gasteiger partial charge in [-0.3, -0.25) is 0 Å². The van der Waals surface area contributed by atoms with Gasteiger partial charge in [0.05, 0.1) is 0 Å². The van der Waals surface area contributed by atoms with Crippen LogP contribution >= 0.6 is 15.9 Å². The third-order valence-corrected chi connectivity index (χ3v) is 4.43. The van der Waals surface area contributed by atoms with Crippen LogP contribution in [0, 0.1) is 11.7 Å². The highest BCUT2D eigenvalue weighted by atomic mass is 79.9. The Bertz CT molecular complexity index is 307. The Morgan fingerprint density at radius 3 is 2.47 bits per heavy atom. The van der Waals surface area contributed by atoms with Gasteiger partial charge in [0, 0.05) is 4.83 Å². The molecule has 0 aliphatic heterocycles. The molecule has 2 heteroatoms. The van der Waals surface area contributed by atoms with Crippen molar-refractivity contribution < 1.29 is 4.39 Å². The van der Waals surface area contributed by atoms with Crippen molar-refractivity contribution in [3.05, 3.63) is 35.6 Å². The van der Waals surface area contributed by atoms with Gasteiger partial charge in [-0.25, -0.2) is 4.39 Å². The molecule has 1 aromatic carbocycles. The molecule has 0 spiro atoms. The number of benzene rings is 1. The lowest BCUT2D eigenvalue weighted by molar-refractivity contribution is 0.373. The number of alkyl halides is 1. The molecule has 1 saturated carbocycles. The second-order valence-electron chi connectivity index (χ2n) is 4.39. The average molecular weight is 271 g/mol. The van der Waals surface area contributed by atoms with Crippen LogP contribution in [0.3, 0.4) is 0 Å². The Morgan fingerprint density at radius 2 is 1.80 bits per heavy atom. The van der Waals surface area contributed by atoms with Crippen molar-refractivity contribution in [2.24, 2.45) is 5.92 Å². The largest absolute Gasteiger partial charge is 0.207 e. The first-order valence-electron chi connectivity index (χ1n) is 5.64. The van der Waals surface area contributed by atoms with E-state index < -0.39 is 0 Å². The fraction of sp³-hybridized carbons (Fsp3) is 0.538. The lowest BCUT2D eigenvalue weighted by Gasteiger charge is -2.27. The van der Waals surface area contributed by atoms with Crippen LogP contribution in [0.4, 0.5) is 4.39 Å². The van der Waals surface area contributed by atoms with Crippen LogP contribution in [0.15, 0.2) is 24.3 Å². The highest BCUT2D eigenvalue weighted by Crippen LogP contribution is 2.32. The molecule has 1 aromatic rings. The summed E-state index contributed by atoms with van der Waals surface area (Å²) in [5.41, 5.74) is 1.26. The SMILES string of the molecule is Fc1ccc(CC2CCCCC2Br)cc1. The standard InChI is InChI=1S/C13H16BrF/c14-13-4-2-1-3-11(13)9-10-5-7-12(15)8-6-10/h5-8,11,13H,1-4,9H2. The van der Waals surface area contributed by atoms with Gasteiger partial charge in [0.1, 0.15) is 5.82 Å². The first kappa shape index (κ1) is 11.1. The summed E-state index contributed by atoms with van der Waals surface area (Å²) < 4.78 is 12.7. The molecule has 82 valence electrons. The van der Waals surface area contributed by atoms with E-state index in [1.807, 2.05) is 12.1 Å². The van der Waals surface area contributed by atoms with E-state index in [1.54, 1.807) is 12.1 Å². The lowest BCUT2D eigenvalue weighted by Crippen LogP contribution is -2.21. The van der Waals surface area contributed by atoms with Crippen molar-refractivity contribution >= 4 is 15.9 Å². The zero-order chi connectivity index (χ0) is 10.7. The van der Waals surface area contributed by atoms with Crippen LogP contribution in [-0.2, 0) is 6.42 Å². The summed E-state index contributed by atoms with van der Waals surface area (Å²) in [7, 11) is 0. The summed E-state index contributed by atoms with van der Waals surface area (Å²) in [6.45, 7) is 0. The molecule has 0 nitrogen and oxygen atoms in total. The normalized spacial score (nSPS) is 26.5. The molecule has 0 saturated heterocycles. The summed E-state index contributed by atoms with van der Waals surface area (Å²) in [6, 6.07) is 6.93. The molecule has 0 bridgehead atoms. The molecular formula is C13H16BrF. The highest BCUT2D eigenvalue weighted by Gasteiger charge is 2.22. The van der Waals surface area contributed by atoms with Gasteiger partial charge >= 0.3 is 0 Å². The van der Waals surface area contributed by atoms with Crippen molar-refractivity contribution in [1.82, 2.24) is 0 Å². The number of halogens is 2. The molecule has 1 fully saturated rings. The van der Waals surface area contributed by atoms with Gasteiger partial charge in [0.2, 0.25) is 0 Å². The summed E-state index contributed by atoms with van der Waals surface area (Å²) >= 11 is 3.75. The quantitative estimate of drug-likeness (QED) is 0.703. The third-order valence-electron chi connectivity index (χ3n) is 3.23. The van der Waals surface area contributed by atoms with Crippen LogP contribution in [0.1, 0.15) is 31.2 Å². The number of hydrogen-bond donors (Lipinski definition) is 0. The average Bonchev–Trinajstić information content (AvgIpc) is 2.25.